The van der Waals surface area contributed by atoms with Crippen molar-refractivity contribution in [1.82, 2.24) is 16.0 Å². The number of amides is 3. The van der Waals surface area contributed by atoms with Crippen molar-refractivity contribution >= 4 is 35.8 Å². The van der Waals surface area contributed by atoms with Crippen LogP contribution < -0.4 is 16.0 Å². The van der Waals surface area contributed by atoms with Gasteiger partial charge in [-0.3, -0.25) is 4.79 Å². The zero-order chi connectivity index (χ0) is 34.6. The highest BCUT2D eigenvalue weighted by Crippen LogP contribution is 2.13. The molecule has 0 saturated carbocycles. The van der Waals surface area contributed by atoms with Crippen LogP contribution in [0.1, 0.15) is 131 Å². The van der Waals surface area contributed by atoms with E-state index in [0.29, 0.717) is 25.5 Å². The molecule has 0 aromatic carbocycles. The van der Waals surface area contributed by atoms with E-state index in [-0.39, 0.29) is 18.3 Å². The van der Waals surface area contributed by atoms with Gasteiger partial charge in [-0.1, -0.05) is 104 Å². The summed E-state index contributed by atoms with van der Waals surface area (Å²) < 4.78 is 15.9. The predicted molar refractivity (Wildman–Crippen MR) is 185 cm³/mol. The minimum absolute atomic E-state index is 0.139. The second-order valence-corrected chi connectivity index (χ2v) is 14.4. The van der Waals surface area contributed by atoms with Crippen molar-refractivity contribution in [1.29, 1.82) is 0 Å². The van der Waals surface area contributed by atoms with Crippen molar-refractivity contribution in [2.45, 2.75) is 149 Å². The van der Waals surface area contributed by atoms with Crippen LogP contribution in [0.5, 0.6) is 0 Å². The fourth-order valence-corrected chi connectivity index (χ4v) is 5.32. The summed E-state index contributed by atoms with van der Waals surface area (Å²) in [5.41, 5.74) is -0.774. The molecular weight excluding hydrogens is 610 g/mol. The first-order valence-electron chi connectivity index (χ1n) is 17.4. The minimum atomic E-state index is -1.27. The van der Waals surface area contributed by atoms with Gasteiger partial charge >= 0.3 is 18.2 Å². The Morgan fingerprint density at radius 2 is 1.28 bits per heavy atom. The molecule has 0 aliphatic carbocycles. The molecule has 0 aromatic heterocycles. The van der Waals surface area contributed by atoms with Crippen molar-refractivity contribution < 1.29 is 38.5 Å². The highest BCUT2D eigenvalue weighted by Gasteiger charge is 2.28. The van der Waals surface area contributed by atoms with Crippen LogP contribution in [0.25, 0.3) is 0 Å². The average Bonchev–Trinajstić information content (AvgIpc) is 2.96. The van der Waals surface area contributed by atoms with Gasteiger partial charge in [0.05, 0.1) is 13.2 Å². The van der Waals surface area contributed by atoms with E-state index in [9.17, 15) is 24.3 Å². The summed E-state index contributed by atoms with van der Waals surface area (Å²) in [5.74, 6) is -1.11. The zero-order valence-corrected chi connectivity index (χ0v) is 30.4. The quantitative estimate of drug-likeness (QED) is 0.0639. The minimum Gasteiger partial charge on any atom is -0.480 e. The second kappa shape index (κ2) is 27.9. The number of hydrogen-bond acceptors (Lipinski definition) is 8. The van der Waals surface area contributed by atoms with Crippen molar-refractivity contribution in [3.05, 3.63) is 0 Å². The molecule has 4 N–H and O–H groups in total. The molecule has 2 atom stereocenters. The summed E-state index contributed by atoms with van der Waals surface area (Å²) in [6, 6.07) is -2.32. The number of carboxylic acids is 1. The molecule has 270 valence electrons. The van der Waals surface area contributed by atoms with Gasteiger partial charge in [0, 0.05) is 24.7 Å². The van der Waals surface area contributed by atoms with Gasteiger partial charge in [-0.2, -0.15) is 11.8 Å². The Morgan fingerprint density at radius 3 is 1.78 bits per heavy atom. The zero-order valence-electron chi connectivity index (χ0n) is 29.6. The summed E-state index contributed by atoms with van der Waals surface area (Å²) in [5, 5.41) is 17.2. The van der Waals surface area contributed by atoms with E-state index in [1.54, 1.807) is 20.8 Å². The molecule has 0 aromatic rings. The lowest BCUT2D eigenvalue weighted by atomic mass is 10.0. The van der Waals surface area contributed by atoms with E-state index < -0.39 is 41.7 Å². The Balaban J connectivity index is 4.25. The number of unbranched alkanes of at least 4 members (excludes halogenated alkanes) is 13. The van der Waals surface area contributed by atoms with Crippen molar-refractivity contribution in [2.75, 3.05) is 37.9 Å². The first-order valence-corrected chi connectivity index (χ1v) is 18.6. The third-order valence-electron chi connectivity index (χ3n) is 6.89. The van der Waals surface area contributed by atoms with E-state index >= 15 is 0 Å². The molecule has 0 aliphatic rings. The molecule has 11 nitrogen and oxygen atoms in total. The van der Waals surface area contributed by atoms with E-state index in [0.717, 1.165) is 19.3 Å². The van der Waals surface area contributed by atoms with Crippen molar-refractivity contribution in [3.8, 4) is 0 Å². The molecule has 0 unspecified atom stereocenters. The molecule has 46 heavy (non-hydrogen) atoms. The largest absolute Gasteiger partial charge is 0.480 e. The van der Waals surface area contributed by atoms with E-state index in [1.165, 1.54) is 82.4 Å². The SMILES string of the molecule is CCCCCCCCCCCCCCCCOC(=O)NCCSC[C@H](NC(=O)OC(C)(C)C)C(=O)N[C@@H](COCC(C)C)C(=O)O. The highest BCUT2D eigenvalue weighted by molar-refractivity contribution is 7.99. The topological polar surface area (TPSA) is 152 Å². The molecule has 0 radical (unpaired) electrons. The van der Waals surface area contributed by atoms with E-state index in [1.807, 2.05) is 13.8 Å². The van der Waals surface area contributed by atoms with Crippen LogP contribution in [-0.2, 0) is 23.8 Å². The number of hydrogen-bond donors (Lipinski definition) is 4. The fraction of sp³-hybridized carbons (Fsp3) is 0.882. The maximum atomic E-state index is 12.9. The maximum Gasteiger partial charge on any atom is 0.408 e. The Hall–Kier alpha value is -2.21. The van der Waals surface area contributed by atoms with Gasteiger partial charge in [-0.15, -0.1) is 0 Å². The number of rotatable bonds is 28. The van der Waals surface area contributed by atoms with Crippen LogP contribution >= 0.6 is 11.8 Å². The molecule has 12 heteroatoms. The molecule has 0 bridgehead atoms. The number of carboxylic acid groups (broad SMARTS) is 1. The van der Waals surface area contributed by atoms with Gasteiger partial charge in [0.2, 0.25) is 5.91 Å². The van der Waals surface area contributed by atoms with Gasteiger partial charge in [0.1, 0.15) is 11.6 Å². The maximum absolute atomic E-state index is 12.9. The normalized spacial score (nSPS) is 12.8. The summed E-state index contributed by atoms with van der Waals surface area (Å²) in [6.07, 6.45) is 16.5. The van der Waals surface area contributed by atoms with Crippen LogP contribution in [0.4, 0.5) is 9.59 Å². The monoisotopic (exact) mass is 675 g/mol. The van der Waals surface area contributed by atoms with Crippen LogP contribution in [0, 0.1) is 5.92 Å². The summed E-state index contributed by atoms with van der Waals surface area (Å²) in [6.45, 7) is 12.1. The number of aliphatic carboxylic acids is 1. The smallest absolute Gasteiger partial charge is 0.408 e. The van der Waals surface area contributed by atoms with E-state index in [2.05, 4.69) is 22.9 Å². The van der Waals surface area contributed by atoms with Gasteiger partial charge in [0.25, 0.3) is 0 Å². The third-order valence-corrected chi connectivity index (χ3v) is 7.95. The molecule has 0 rings (SSSR count). The number of nitrogens with one attached hydrogen (secondary N) is 3. The van der Waals surface area contributed by atoms with Gasteiger partial charge in [-0.05, 0) is 33.1 Å². The summed E-state index contributed by atoms with van der Waals surface area (Å²) in [7, 11) is 0. The van der Waals surface area contributed by atoms with Crippen LogP contribution in [0.3, 0.4) is 0 Å². The standard InChI is InChI=1S/C34H65N3O8S/c1-7-8-9-10-11-12-13-14-15-16-17-18-19-20-22-44-32(41)35-21-23-46-26-29(37-33(42)45-34(4,5)6)30(38)36-28(31(39)40)25-43-24-27(2)3/h27-29H,7-26H2,1-6H3,(H,35,41)(H,36,38)(H,37,42)(H,39,40)/t28-,29-/m0/s1. The number of ether oxygens (including phenoxy) is 3. The van der Waals surface area contributed by atoms with Crippen LogP contribution in [0.2, 0.25) is 0 Å². The third kappa shape index (κ3) is 28.0. The Kier molecular flexibility index (Phi) is 26.5. The summed E-state index contributed by atoms with van der Waals surface area (Å²) >= 11 is 1.32. The van der Waals surface area contributed by atoms with E-state index in [4.69, 9.17) is 14.2 Å². The average molecular weight is 676 g/mol. The molecular formula is C34H65N3O8S. The first kappa shape index (κ1) is 43.8. The lowest BCUT2D eigenvalue weighted by molar-refractivity contribution is -0.144. The molecule has 0 aliphatic heterocycles. The number of alkyl carbamates (subject to hydrolysis) is 2. The molecule has 0 heterocycles. The predicted octanol–water partition coefficient (Wildman–Crippen LogP) is 7.06. The molecule has 3 amide bonds. The Morgan fingerprint density at radius 1 is 0.739 bits per heavy atom. The van der Waals surface area contributed by atoms with Crippen LogP contribution in [-0.4, -0.2) is 84.7 Å². The van der Waals surface area contributed by atoms with Gasteiger partial charge in [0.15, 0.2) is 6.04 Å². The Labute approximate surface area is 282 Å². The fourth-order valence-electron chi connectivity index (χ4n) is 4.44. The number of carbonyl (C=O) groups is 4. The molecule has 0 saturated heterocycles. The van der Waals surface area contributed by atoms with Crippen molar-refractivity contribution in [3.63, 3.8) is 0 Å². The van der Waals surface area contributed by atoms with Gasteiger partial charge in [-0.25, -0.2) is 14.4 Å². The lowest BCUT2D eigenvalue weighted by Gasteiger charge is -2.24. The molecule has 0 spiro atoms. The number of carbonyl (C=O) groups excluding carboxylic acids is 3. The van der Waals surface area contributed by atoms with Gasteiger partial charge < -0.3 is 35.3 Å². The Bertz CT molecular complexity index is 823. The van der Waals surface area contributed by atoms with Crippen LogP contribution in [0.15, 0.2) is 0 Å². The summed E-state index contributed by atoms with van der Waals surface area (Å²) in [4.78, 5) is 49.0. The number of thioether (sulfide) groups is 1. The molecule has 0 fully saturated rings. The lowest BCUT2D eigenvalue weighted by Crippen LogP contribution is -2.54. The second-order valence-electron chi connectivity index (χ2n) is 13.3. The first-order chi connectivity index (χ1) is 21.9. The van der Waals surface area contributed by atoms with Crippen molar-refractivity contribution in [2.24, 2.45) is 5.92 Å². The highest BCUT2D eigenvalue weighted by atomic mass is 32.2.